The SMILES string of the molecule is C[C@@H](NCc1ccc(C(=O)Nc2ccccc2)cc1)c1ccc(Cl)c(Cl)c1. The Morgan fingerprint density at radius 3 is 2.30 bits per heavy atom. The molecule has 0 fully saturated rings. The number of hydrogen-bond donors (Lipinski definition) is 2. The third-order valence-corrected chi connectivity index (χ3v) is 5.04. The average Bonchev–Trinajstić information content (AvgIpc) is 2.69. The zero-order valence-corrected chi connectivity index (χ0v) is 16.4. The lowest BCUT2D eigenvalue weighted by atomic mass is 10.1. The molecule has 0 spiro atoms. The number of halogens is 2. The quantitative estimate of drug-likeness (QED) is 0.526. The summed E-state index contributed by atoms with van der Waals surface area (Å²) in [6.07, 6.45) is 0. The molecule has 1 atom stereocenters. The van der Waals surface area contributed by atoms with Crippen LogP contribution >= 0.6 is 23.2 Å². The summed E-state index contributed by atoms with van der Waals surface area (Å²) in [4.78, 5) is 12.3. The van der Waals surface area contributed by atoms with Gasteiger partial charge in [0.1, 0.15) is 0 Å². The predicted molar refractivity (Wildman–Crippen MR) is 113 cm³/mol. The summed E-state index contributed by atoms with van der Waals surface area (Å²) < 4.78 is 0. The number of rotatable bonds is 6. The topological polar surface area (TPSA) is 41.1 Å². The van der Waals surface area contributed by atoms with E-state index in [0.29, 0.717) is 22.2 Å². The number of benzene rings is 3. The first-order valence-corrected chi connectivity index (χ1v) is 9.42. The summed E-state index contributed by atoms with van der Waals surface area (Å²) in [5, 5.41) is 7.43. The van der Waals surface area contributed by atoms with Crippen molar-refractivity contribution in [1.82, 2.24) is 5.32 Å². The van der Waals surface area contributed by atoms with Gasteiger partial charge in [0.2, 0.25) is 0 Å². The Morgan fingerprint density at radius 2 is 1.63 bits per heavy atom. The molecule has 0 saturated heterocycles. The summed E-state index contributed by atoms with van der Waals surface area (Å²) in [6, 6.07) is 22.7. The first-order valence-electron chi connectivity index (χ1n) is 8.66. The minimum absolute atomic E-state index is 0.120. The third-order valence-electron chi connectivity index (χ3n) is 4.30. The van der Waals surface area contributed by atoms with Crippen LogP contribution in [0.1, 0.15) is 34.5 Å². The molecule has 3 nitrogen and oxygen atoms in total. The van der Waals surface area contributed by atoms with Gasteiger partial charge in [-0.05, 0) is 54.4 Å². The Hall–Kier alpha value is -2.33. The Bertz CT molecular complexity index is 911. The van der Waals surface area contributed by atoms with Crippen LogP contribution in [0.15, 0.2) is 72.8 Å². The predicted octanol–water partition coefficient (Wildman–Crippen LogP) is 6.10. The fourth-order valence-corrected chi connectivity index (χ4v) is 2.98. The number of amides is 1. The van der Waals surface area contributed by atoms with Gasteiger partial charge in [-0.1, -0.05) is 59.6 Å². The Balaban J connectivity index is 1.57. The first kappa shape index (κ1) is 19.4. The number of nitrogens with one attached hydrogen (secondary N) is 2. The molecular weight excluding hydrogens is 379 g/mol. The molecule has 1 amide bonds. The Morgan fingerprint density at radius 1 is 0.926 bits per heavy atom. The van der Waals surface area contributed by atoms with Crippen LogP contribution in [0.2, 0.25) is 10.0 Å². The zero-order chi connectivity index (χ0) is 19.2. The van der Waals surface area contributed by atoms with Crippen molar-refractivity contribution in [1.29, 1.82) is 0 Å². The van der Waals surface area contributed by atoms with E-state index < -0.39 is 0 Å². The molecule has 3 aromatic rings. The van der Waals surface area contributed by atoms with Gasteiger partial charge in [-0.2, -0.15) is 0 Å². The lowest BCUT2D eigenvalue weighted by Crippen LogP contribution is -2.18. The lowest BCUT2D eigenvalue weighted by molar-refractivity contribution is 0.102. The molecule has 0 saturated carbocycles. The second-order valence-corrected chi connectivity index (χ2v) is 7.11. The van der Waals surface area contributed by atoms with Crippen molar-refractivity contribution in [3.63, 3.8) is 0 Å². The van der Waals surface area contributed by atoms with Gasteiger partial charge in [-0.25, -0.2) is 0 Å². The van der Waals surface area contributed by atoms with Crippen LogP contribution in [-0.4, -0.2) is 5.91 Å². The van der Waals surface area contributed by atoms with E-state index in [2.05, 4.69) is 17.6 Å². The van der Waals surface area contributed by atoms with Crippen molar-refractivity contribution in [3.8, 4) is 0 Å². The highest BCUT2D eigenvalue weighted by molar-refractivity contribution is 6.42. The van der Waals surface area contributed by atoms with Gasteiger partial charge in [0.15, 0.2) is 0 Å². The van der Waals surface area contributed by atoms with E-state index in [-0.39, 0.29) is 11.9 Å². The van der Waals surface area contributed by atoms with Gasteiger partial charge in [-0.15, -0.1) is 0 Å². The maximum absolute atomic E-state index is 12.3. The molecule has 3 rings (SSSR count). The molecule has 0 aliphatic rings. The maximum atomic E-state index is 12.3. The second kappa shape index (κ2) is 9.05. The van der Waals surface area contributed by atoms with Gasteiger partial charge in [-0.3, -0.25) is 4.79 Å². The number of para-hydroxylation sites is 1. The molecule has 2 N–H and O–H groups in total. The molecule has 0 aromatic heterocycles. The Kier molecular flexibility index (Phi) is 6.51. The number of hydrogen-bond acceptors (Lipinski definition) is 2. The van der Waals surface area contributed by atoms with Gasteiger partial charge in [0.25, 0.3) is 5.91 Å². The van der Waals surface area contributed by atoms with Crippen LogP contribution in [0.4, 0.5) is 5.69 Å². The van der Waals surface area contributed by atoms with Gasteiger partial charge >= 0.3 is 0 Å². The van der Waals surface area contributed by atoms with Crippen LogP contribution in [0.25, 0.3) is 0 Å². The summed E-state index contributed by atoms with van der Waals surface area (Å²) in [6.45, 7) is 2.75. The van der Waals surface area contributed by atoms with Crippen LogP contribution in [0.3, 0.4) is 0 Å². The van der Waals surface area contributed by atoms with Gasteiger partial charge in [0.05, 0.1) is 10.0 Å². The van der Waals surface area contributed by atoms with Crippen molar-refractivity contribution < 1.29 is 4.79 Å². The smallest absolute Gasteiger partial charge is 0.255 e. The fraction of sp³-hybridized carbons (Fsp3) is 0.136. The molecule has 27 heavy (non-hydrogen) atoms. The molecule has 3 aromatic carbocycles. The normalized spacial score (nSPS) is 11.8. The van der Waals surface area contributed by atoms with Crippen LogP contribution < -0.4 is 10.6 Å². The van der Waals surface area contributed by atoms with E-state index in [9.17, 15) is 4.79 Å². The van der Waals surface area contributed by atoms with Crippen molar-refractivity contribution in [2.75, 3.05) is 5.32 Å². The monoisotopic (exact) mass is 398 g/mol. The van der Waals surface area contributed by atoms with E-state index in [0.717, 1.165) is 16.8 Å². The van der Waals surface area contributed by atoms with Crippen molar-refractivity contribution in [3.05, 3.63) is 99.5 Å². The minimum atomic E-state index is -0.120. The van der Waals surface area contributed by atoms with Crippen LogP contribution in [0, 0.1) is 0 Å². The van der Waals surface area contributed by atoms with E-state index in [1.165, 1.54) is 0 Å². The summed E-state index contributed by atoms with van der Waals surface area (Å²) in [5.74, 6) is -0.120. The molecule has 5 heteroatoms. The zero-order valence-electron chi connectivity index (χ0n) is 14.9. The third kappa shape index (κ3) is 5.33. The van der Waals surface area contributed by atoms with Gasteiger partial charge < -0.3 is 10.6 Å². The summed E-state index contributed by atoms with van der Waals surface area (Å²) in [7, 11) is 0. The van der Waals surface area contributed by atoms with Crippen LogP contribution in [-0.2, 0) is 6.54 Å². The Labute approximate surface area is 169 Å². The van der Waals surface area contributed by atoms with Crippen molar-refractivity contribution >= 4 is 34.8 Å². The standard InChI is InChI=1S/C22H20Cl2N2O/c1-15(18-11-12-20(23)21(24)13-18)25-14-16-7-9-17(10-8-16)22(27)26-19-5-3-2-4-6-19/h2-13,15,25H,14H2,1H3,(H,26,27)/t15-/m1/s1. The summed E-state index contributed by atoms with van der Waals surface area (Å²) in [5.41, 5.74) is 3.57. The second-order valence-electron chi connectivity index (χ2n) is 6.29. The molecule has 0 radical (unpaired) electrons. The minimum Gasteiger partial charge on any atom is -0.322 e. The fourth-order valence-electron chi connectivity index (χ4n) is 2.67. The van der Waals surface area contributed by atoms with Crippen molar-refractivity contribution in [2.24, 2.45) is 0 Å². The molecule has 0 bridgehead atoms. The van der Waals surface area contributed by atoms with E-state index in [1.54, 1.807) is 6.07 Å². The first-order chi connectivity index (χ1) is 13.0. The molecule has 0 unspecified atom stereocenters. The highest BCUT2D eigenvalue weighted by atomic mass is 35.5. The molecule has 0 aliphatic carbocycles. The molecule has 138 valence electrons. The maximum Gasteiger partial charge on any atom is 0.255 e. The number of carbonyl (C=O) groups is 1. The van der Waals surface area contributed by atoms with Crippen LogP contribution in [0.5, 0.6) is 0 Å². The lowest BCUT2D eigenvalue weighted by Gasteiger charge is -2.15. The molecular formula is C22H20Cl2N2O. The van der Waals surface area contributed by atoms with E-state index in [4.69, 9.17) is 23.2 Å². The average molecular weight is 399 g/mol. The number of carbonyl (C=O) groups excluding carboxylic acids is 1. The van der Waals surface area contributed by atoms with E-state index in [1.807, 2.05) is 66.7 Å². The summed E-state index contributed by atoms with van der Waals surface area (Å²) >= 11 is 12.0. The highest BCUT2D eigenvalue weighted by Gasteiger charge is 2.09. The number of anilines is 1. The van der Waals surface area contributed by atoms with Crippen molar-refractivity contribution in [2.45, 2.75) is 19.5 Å². The van der Waals surface area contributed by atoms with Gasteiger partial charge in [0, 0.05) is 23.8 Å². The highest BCUT2D eigenvalue weighted by Crippen LogP contribution is 2.25. The largest absolute Gasteiger partial charge is 0.322 e. The molecule has 0 heterocycles. The van der Waals surface area contributed by atoms with E-state index >= 15 is 0 Å². The molecule has 0 aliphatic heterocycles.